The largest absolute Gasteiger partial charge is 0.292 e. The number of hydrogen-bond acceptors (Lipinski definition) is 1. The molecule has 5 rings (SSSR count). The van der Waals surface area contributed by atoms with Crippen LogP contribution in [0, 0.1) is 6.92 Å². The quantitative estimate of drug-likeness (QED) is 0.393. The Bertz CT molecular complexity index is 1200. The molecule has 0 unspecified atom stereocenters. The highest BCUT2D eigenvalue weighted by Crippen LogP contribution is 2.32. The number of aromatic nitrogens is 2. The Morgan fingerprint density at radius 3 is 2.42 bits per heavy atom. The second-order valence-electron chi connectivity index (χ2n) is 6.24. The van der Waals surface area contributed by atoms with Gasteiger partial charge in [0.25, 0.3) is 0 Å². The lowest BCUT2D eigenvalue weighted by molar-refractivity contribution is 1.30. The van der Waals surface area contributed by atoms with Gasteiger partial charge in [0.15, 0.2) is 0 Å². The first-order valence-electron chi connectivity index (χ1n) is 8.17. The van der Waals surface area contributed by atoms with Crippen molar-refractivity contribution in [2.24, 2.45) is 0 Å². The van der Waals surface area contributed by atoms with Gasteiger partial charge in [-0.05, 0) is 47.9 Å². The molecule has 5 aromatic rings. The maximum absolute atomic E-state index is 4.88. The third-order valence-electron chi connectivity index (χ3n) is 4.63. The van der Waals surface area contributed by atoms with Gasteiger partial charge in [0.2, 0.25) is 0 Å². The molecule has 2 heterocycles. The van der Waals surface area contributed by atoms with E-state index in [1.54, 1.807) is 0 Å². The molecule has 3 aromatic carbocycles. The normalized spacial score (nSPS) is 11.5. The van der Waals surface area contributed by atoms with Crippen molar-refractivity contribution in [2.75, 3.05) is 0 Å². The lowest BCUT2D eigenvalue weighted by Gasteiger charge is -2.10. The fraction of sp³-hybridized carbons (Fsp3) is 0.0455. The third-order valence-corrected chi connectivity index (χ3v) is 4.63. The number of fused-ring (bicyclic) bond motifs is 5. The molecule has 0 aliphatic rings. The zero-order chi connectivity index (χ0) is 16.1. The van der Waals surface area contributed by atoms with E-state index in [0.29, 0.717) is 0 Å². The van der Waals surface area contributed by atoms with Gasteiger partial charge in [-0.15, -0.1) is 0 Å². The lowest BCUT2D eigenvalue weighted by atomic mass is 10.0. The van der Waals surface area contributed by atoms with Crippen molar-refractivity contribution in [1.29, 1.82) is 0 Å². The summed E-state index contributed by atoms with van der Waals surface area (Å²) < 4.78 is 2.26. The van der Waals surface area contributed by atoms with Gasteiger partial charge >= 0.3 is 0 Å². The van der Waals surface area contributed by atoms with Gasteiger partial charge in [-0.25, -0.2) is 4.98 Å². The van der Waals surface area contributed by atoms with Crippen LogP contribution in [-0.2, 0) is 0 Å². The Hall–Kier alpha value is -3.13. The van der Waals surface area contributed by atoms with E-state index in [0.717, 1.165) is 16.7 Å². The molecule has 0 spiro atoms. The van der Waals surface area contributed by atoms with Gasteiger partial charge in [0.1, 0.15) is 5.65 Å². The highest BCUT2D eigenvalue weighted by Gasteiger charge is 2.12. The molecular formula is C22H16N2. The minimum Gasteiger partial charge on any atom is -0.292 e. The molecular weight excluding hydrogens is 292 g/mol. The van der Waals surface area contributed by atoms with Gasteiger partial charge in [0, 0.05) is 5.39 Å². The molecule has 0 bridgehead atoms. The van der Waals surface area contributed by atoms with Crippen molar-refractivity contribution >= 4 is 27.6 Å². The van der Waals surface area contributed by atoms with Crippen molar-refractivity contribution in [3.63, 3.8) is 0 Å². The van der Waals surface area contributed by atoms with Gasteiger partial charge in [0.05, 0.1) is 16.6 Å². The van der Waals surface area contributed by atoms with E-state index >= 15 is 0 Å². The van der Waals surface area contributed by atoms with E-state index < -0.39 is 0 Å². The van der Waals surface area contributed by atoms with E-state index in [-0.39, 0.29) is 0 Å². The predicted octanol–water partition coefficient (Wildman–Crippen LogP) is 5.62. The number of para-hydroxylation sites is 1. The van der Waals surface area contributed by atoms with Crippen LogP contribution in [0.2, 0.25) is 0 Å². The average Bonchev–Trinajstić information content (AvgIpc) is 2.99. The summed E-state index contributed by atoms with van der Waals surface area (Å²) in [5, 5.41) is 1.25. The Kier molecular flexibility index (Phi) is 2.74. The van der Waals surface area contributed by atoms with Crippen LogP contribution in [-0.4, -0.2) is 9.38 Å². The lowest BCUT2D eigenvalue weighted by Crippen LogP contribution is -1.91. The molecule has 114 valence electrons. The molecule has 0 saturated heterocycles. The second-order valence-corrected chi connectivity index (χ2v) is 6.24. The monoisotopic (exact) mass is 308 g/mol. The smallest absolute Gasteiger partial charge is 0.139 e. The molecule has 0 saturated carbocycles. The zero-order valence-corrected chi connectivity index (χ0v) is 13.4. The van der Waals surface area contributed by atoms with E-state index in [9.17, 15) is 0 Å². The summed E-state index contributed by atoms with van der Waals surface area (Å²) in [6.45, 7) is 2.11. The van der Waals surface area contributed by atoms with Gasteiger partial charge in [-0.3, -0.25) is 4.40 Å². The van der Waals surface area contributed by atoms with Crippen LogP contribution in [0.15, 0.2) is 78.9 Å². The standard InChI is InChI=1S/C22H16N2/c1-15-11-12-21-19(13-15)23-22-14-18(16-7-3-2-4-8-16)17-9-5-6-10-20(17)24(21)22/h2-14H,1H3. The molecule has 2 heteroatoms. The molecule has 24 heavy (non-hydrogen) atoms. The maximum atomic E-state index is 4.88. The van der Waals surface area contributed by atoms with Crippen molar-refractivity contribution in [3.05, 3.63) is 84.4 Å². The number of rotatable bonds is 1. The van der Waals surface area contributed by atoms with Crippen LogP contribution in [0.25, 0.3) is 38.7 Å². The van der Waals surface area contributed by atoms with Gasteiger partial charge in [-0.2, -0.15) is 0 Å². The minimum atomic E-state index is 0.994. The molecule has 0 amide bonds. The Balaban J connectivity index is 2.00. The third kappa shape index (κ3) is 1.86. The Morgan fingerprint density at radius 2 is 1.54 bits per heavy atom. The van der Waals surface area contributed by atoms with Crippen molar-refractivity contribution < 1.29 is 0 Å². The highest BCUT2D eigenvalue weighted by molar-refractivity contribution is 6.00. The van der Waals surface area contributed by atoms with Crippen LogP contribution in [0.1, 0.15) is 5.56 Å². The number of hydrogen-bond donors (Lipinski definition) is 0. The van der Waals surface area contributed by atoms with Crippen LogP contribution in [0.3, 0.4) is 0 Å². The SMILES string of the molecule is Cc1ccc2c(c1)nc1cc(-c3ccccc3)c3ccccc3n12. The van der Waals surface area contributed by atoms with E-state index in [2.05, 4.69) is 90.2 Å². The second kappa shape index (κ2) is 4.93. The van der Waals surface area contributed by atoms with E-state index in [1.165, 1.54) is 27.6 Å². The maximum Gasteiger partial charge on any atom is 0.139 e. The number of nitrogens with zero attached hydrogens (tertiary/aromatic N) is 2. The summed E-state index contributed by atoms with van der Waals surface area (Å²) in [5.74, 6) is 0. The first kappa shape index (κ1) is 13.3. The average molecular weight is 308 g/mol. The van der Waals surface area contributed by atoms with Gasteiger partial charge in [-0.1, -0.05) is 54.6 Å². The van der Waals surface area contributed by atoms with Crippen molar-refractivity contribution in [1.82, 2.24) is 9.38 Å². The number of benzene rings is 3. The van der Waals surface area contributed by atoms with Crippen LogP contribution >= 0.6 is 0 Å². The molecule has 2 nitrogen and oxygen atoms in total. The van der Waals surface area contributed by atoms with Crippen LogP contribution < -0.4 is 0 Å². The van der Waals surface area contributed by atoms with E-state index in [1.807, 2.05) is 0 Å². The van der Waals surface area contributed by atoms with Crippen LogP contribution in [0.5, 0.6) is 0 Å². The fourth-order valence-corrected chi connectivity index (χ4v) is 3.52. The minimum absolute atomic E-state index is 0.994. The summed E-state index contributed by atoms with van der Waals surface area (Å²) in [4.78, 5) is 4.88. The summed E-state index contributed by atoms with van der Waals surface area (Å²) in [6.07, 6.45) is 0. The van der Waals surface area contributed by atoms with Crippen molar-refractivity contribution in [2.45, 2.75) is 6.92 Å². The predicted molar refractivity (Wildman–Crippen MR) is 100 cm³/mol. The summed E-state index contributed by atoms with van der Waals surface area (Å²) in [5.41, 5.74) is 8.08. The molecule has 0 aliphatic carbocycles. The number of pyridine rings is 1. The zero-order valence-electron chi connectivity index (χ0n) is 13.4. The Labute approximate surface area is 140 Å². The first-order valence-corrected chi connectivity index (χ1v) is 8.17. The van der Waals surface area contributed by atoms with E-state index in [4.69, 9.17) is 4.98 Å². The Morgan fingerprint density at radius 1 is 0.750 bits per heavy atom. The summed E-state index contributed by atoms with van der Waals surface area (Å²) in [6, 6.07) is 27.8. The highest BCUT2D eigenvalue weighted by atomic mass is 15.0. The molecule has 0 fully saturated rings. The molecule has 0 aliphatic heterocycles. The molecule has 0 radical (unpaired) electrons. The molecule has 0 N–H and O–H groups in total. The summed E-state index contributed by atoms with van der Waals surface area (Å²) >= 11 is 0. The van der Waals surface area contributed by atoms with Crippen molar-refractivity contribution in [3.8, 4) is 11.1 Å². The topological polar surface area (TPSA) is 17.3 Å². The van der Waals surface area contributed by atoms with Gasteiger partial charge < -0.3 is 0 Å². The first-order chi connectivity index (χ1) is 11.8. The van der Waals surface area contributed by atoms with Crippen LogP contribution in [0.4, 0.5) is 0 Å². The molecule has 0 atom stereocenters. The summed E-state index contributed by atoms with van der Waals surface area (Å²) in [7, 11) is 0. The molecule has 2 aromatic heterocycles. The number of imidazole rings is 1. The fourth-order valence-electron chi connectivity index (χ4n) is 3.52. The number of aryl methyl sites for hydroxylation is 1.